The first-order chi connectivity index (χ1) is 9.77. The molecule has 1 aliphatic carbocycles. The minimum absolute atomic E-state index is 0.506. The molecule has 2 aromatic rings. The van der Waals surface area contributed by atoms with Crippen molar-refractivity contribution < 1.29 is 0 Å². The van der Waals surface area contributed by atoms with Crippen LogP contribution in [-0.2, 0) is 0 Å². The third-order valence-electron chi connectivity index (χ3n) is 4.78. The first-order valence-electron chi connectivity index (χ1n) is 7.89. The summed E-state index contributed by atoms with van der Waals surface area (Å²) in [5.74, 6) is 0.794. The average molecular weight is 331 g/mol. The number of rotatable bonds is 2. The van der Waals surface area contributed by atoms with Crippen LogP contribution in [-0.4, -0.2) is 0 Å². The SMILES string of the molecule is Cc1ccc2ccccc2c1C(Br)C1CCCCCC1. The number of hydrogen-bond donors (Lipinski definition) is 0. The van der Waals surface area contributed by atoms with E-state index in [2.05, 4.69) is 59.3 Å². The van der Waals surface area contributed by atoms with E-state index in [1.165, 1.54) is 60.4 Å². The molecule has 0 aromatic heterocycles. The molecule has 3 rings (SSSR count). The van der Waals surface area contributed by atoms with Gasteiger partial charge in [0.25, 0.3) is 0 Å². The normalized spacial score (nSPS) is 18.9. The molecule has 1 aliphatic rings. The lowest BCUT2D eigenvalue weighted by Gasteiger charge is -2.24. The first-order valence-corrected chi connectivity index (χ1v) is 8.81. The topological polar surface area (TPSA) is 0 Å². The highest BCUT2D eigenvalue weighted by molar-refractivity contribution is 9.09. The van der Waals surface area contributed by atoms with Crippen molar-refractivity contribution in [3.63, 3.8) is 0 Å². The lowest BCUT2D eigenvalue weighted by molar-refractivity contribution is 0.455. The fourth-order valence-electron chi connectivity index (χ4n) is 3.61. The summed E-state index contributed by atoms with van der Waals surface area (Å²) in [7, 11) is 0. The van der Waals surface area contributed by atoms with E-state index in [9.17, 15) is 0 Å². The Kier molecular flexibility index (Phi) is 4.45. The number of fused-ring (bicyclic) bond motifs is 1. The van der Waals surface area contributed by atoms with Crippen molar-refractivity contribution in [2.24, 2.45) is 5.92 Å². The third kappa shape index (κ3) is 2.79. The second-order valence-corrected chi connectivity index (χ2v) is 7.16. The third-order valence-corrected chi connectivity index (χ3v) is 5.98. The van der Waals surface area contributed by atoms with Crippen LogP contribution in [0.1, 0.15) is 54.5 Å². The Morgan fingerprint density at radius 1 is 0.950 bits per heavy atom. The van der Waals surface area contributed by atoms with Crippen LogP contribution in [0.2, 0.25) is 0 Å². The Labute approximate surface area is 130 Å². The zero-order chi connectivity index (χ0) is 13.9. The standard InChI is InChI=1S/C19H23Br/c1-14-12-13-15-8-6-7-11-17(15)18(14)19(20)16-9-4-2-3-5-10-16/h6-8,11-13,16,19H,2-5,9-10H2,1H3. The number of alkyl halides is 1. The zero-order valence-corrected chi connectivity index (χ0v) is 13.8. The van der Waals surface area contributed by atoms with E-state index in [1.54, 1.807) is 0 Å². The van der Waals surface area contributed by atoms with Gasteiger partial charge in [0, 0.05) is 4.83 Å². The van der Waals surface area contributed by atoms with Gasteiger partial charge >= 0.3 is 0 Å². The van der Waals surface area contributed by atoms with Gasteiger partial charge in [0.15, 0.2) is 0 Å². The van der Waals surface area contributed by atoms with Crippen molar-refractivity contribution in [3.05, 3.63) is 47.5 Å². The molecule has 0 aliphatic heterocycles. The van der Waals surface area contributed by atoms with Crippen LogP contribution in [0, 0.1) is 12.8 Å². The Morgan fingerprint density at radius 3 is 2.40 bits per heavy atom. The zero-order valence-electron chi connectivity index (χ0n) is 12.2. The highest BCUT2D eigenvalue weighted by Crippen LogP contribution is 2.43. The minimum Gasteiger partial charge on any atom is -0.0835 e. The summed E-state index contributed by atoms with van der Waals surface area (Å²) in [4.78, 5) is 0.506. The van der Waals surface area contributed by atoms with Gasteiger partial charge in [-0.3, -0.25) is 0 Å². The molecule has 20 heavy (non-hydrogen) atoms. The van der Waals surface area contributed by atoms with E-state index >= 15 is 0 Å². The van der Waals surface area contributed by atoms with Crippen molar-refractivity contribution in [2.75, 3.05) is 0 Å². The van der Waals surface area contributed by atoms with Crippen molar-refractivity contribution in [1.82, 2.24) is 0 Å². The molecule has 0 nitrogen and oxygen atoms in total. The molecule has 0 bridgehead atoms. The Hall–Kier alpha value is -0.820. The summed E-state index contributed by atoms with van der Waals surface area (Å²) in [6, 6.07) is 13.3. The molecule has 1 heteroatoms. The number of aryl methyl sites for hydroxylation is 1. The summed E-state index contributed by atoms with van der Waals surface area (Å²) in [5, 5.41) is 2.80. The monoisotopic (exact) mass is 330 g/mol. The quantitative estimate of drug-likeness (QED) is 0.432. The van der Waals surface area contributed by atoms with Crippen LogP contribution in [0.5, 0.6) is 0 Å². The molecular weight excluding hydrogens is 308 g/mol. The predicted molar refractivity (Wildman–Crippen MR) is 91.5 cm³/mol. The molecule has 1 fully saturated rings. The molecule has 0 amide bonds. The van der Waals surface area contributed by atoms with Crippen LogP contribution in [0.4, 0.5) is 0 Å². The van der Waals surface area contributed by atoms with Crippen LogP contribution in [0.25, 0.3) is 10.8 Å². The summed E-state index contributed by atoms with van der Waals surface area (Å²) >= 11 is 4.05. The van der Waals surface area contributed by atoms with E-state index in [-0.39, 0.29) is 0 Å². The molecular formula is C19H23Br. The van der Waals surface area contributed by atoms with Gasteiger partial charge in [-0.25, -0.2) is 0 Å². The van der Waals surface area contributed by atoms with Gasteiger partial charge < -0.3 is 0 Å². The first kappa shape index (κ1) is 14.1. The molecule has 106 valence electrons. The molecule has 0 heterocycles. The van der Waals surface area contributed by atoms with Gasteiger partial charge in [0.2, 0.25) is 0 Å². The van der Waals surface area contributed by atoms with Crippen molar-refractivity contribution in [3.8, 4) is 0 Å². The highest BCUT2D eigenvalue weighted by Gasteiger charge is 2.24. The molecule has 0 spiro atoms. The van der Waals surface area contributed by atoms with Crippen LogP contribution < -0.4 is 0 Å². The molecule has 1 unspecified atom stereocenters. The van der Waals surface area contributed by atoms with E-state index in [0.717, 1.165) is 5.92 Å². The van der Waals surface area contributed by atoms with Crippen molar-refractivity contribution in [2.45, 2.75) is 50.3 Å². The van der Waals surface area contributed by atoms with Gasteiger partial charge in [-0.2, -0.15) is 0 Å². The Morgan fingerprint density at radius 2 is 1.65 bits per heavy atom. The number of halogens is 1. The summed E-state index contributed by atoms with van der Waals surface area (Å²) < 4.78 is 0. The molecule has 0 radical (unpaired) electrons. The second kappa shape index (κ2) is 6.30. The molecule has 1 saturated carbocycles. The van der Waals surface area contributed by atoms with Gasteiger partial charge in [-0.05, 0) is 47.6 Å². The number of hydrogen-bond acceptors (Lipinski definition) is 0. The van der Waals surface area contributed by atoms with Crippen LogP contribution in [0.3, 0.4) is 0 Å². The molecule has 1 atom stereocenters. The Bertz CT molecular complexity index is 579. The smallest absolute Gasteiger partial charge is 0.0432 e. The largest absolute Gasteiger partial charge is 0.0835 e. The van der Waals surface area contributed by atoms with Crippen LogP contribution in [0.15, 0.2) is 36.4 Å². The maximum absolute atomic E-state index is 4.05. The highest BCUT2D eigenvalue weighted by atomic mass is 79.9. The summed E-state index contributed by atoms with van der Waals surface area (Å²) in [6.07, 6.45) is 8.39. The minimum atomic E-state index is 0.506. The Balaban J connectivity index is 2.01. The molecule has 0 N–H and O–H groups in total. The second-order valence-electron chi connectivity index (χ2n) is 6.17. The predicted octanol–water partition coefficient (Wildman–Crippen LogP) is 6.55. The van der Waals surface area contributed by atoms with Crippen molar-refractivity contribution in [1.29, 1.82) is 0 Å². The van der Waals surface area contributed by atoms with E-state index in [4.69, 9.17) is 0 Å². The fourth-order valence-corrected chi connectivity index (χ4v) is 4.75. The van der Waals surface area contributed by atoms with Crippen molar-refractivity contribution >= 4 is 26.7 Å². The fraction of sp³-hybridized carbons (Fsp3) is 0.474. The lowest BCUT2D eigenvalue weighted by Crippen LogP contribution is -2.08. The van der Waals surface area contributed by atoms with Gasteiger partial charge in [0.1, 0.15) is 0 Å². The maximum Gasteiger partial charge on any atom is 0.0432 e. The summed E-state index contributed by atoms with van der Waals surface area (Å²) in [6.45, 7) is 2.26. The van der Waals surface area contributed by atoms with Crippen LogP contribution >= 0.6 is 15.9 Å². The van der Waals surface area contributed by atoms with Gasteiger partial charge in [-0.1, -0.05) is 78.0 Å². The van der Waals surface area contributed by atoms with Gasteiger partial charge in [0.05, 0.1) is 0 Å². The molecule has 2 aromatic carbocycles. The molecule has 0 saturated heterocycles. The summed E-state index contributed by atoms with van der Waals surface area (Å²) in [5.41, 5.74) is 2.95. The van der Waals surface area contributed by atoms with Gasteiger partial charge in [-0.15, -0.1) is 0 Å². The maximum atomic E-state index is 4.05. The number of benzene rings is 2. The van der Waals surface area contributed by atoms with E-state index < -0.39 is 0 Å². The van der Waals surface area contributed by atoms with E-state index in [0.29, 0.717) is 4.83 Å². The lowest BCUT2D eigenvalue weighted by atomic mass is 9.87. The average Bonchev–Trinajstić information content (AvgIpc) is 2.75. The van der Waals surface area contributed by atoms with E-state index in [1.807, 2.05) is 0 Å².